The number of hydrogen-bond donors (Lipinski definition) is 4. The van der Waals surface area contributed by atoms with Crippen LogP contribution in [0.1, 0.15) is 0 Å². The first-order valence-electron chi connectivity index (χ1n) is 6.11. The zero-order valence-electron chi connectivity index (χ0n) is 12.1. The summed E-state index contributed by atoms with van der Waals surface area (Å²) in [7, 11) is -2.34. The van der Waals surface area contributed by atoms with Gasteiger partial charge in [-0.05, 0) is 0 Å². The molecule has 22 heavy (non-hydrogen) atoms. The Hall–Kier alpha value is -0.780. The molecule has 0 radical (unpaired) electrons. The molecule has 0 aromatic carbocycles. The fraction of sp³-hybridized carbons (Fsp3) is 0.444. The Labute approximate surface area is 142 Å². The van der Waals surface area contributed by atoms with Gasteiger partial charge >= 0.3 is 83.1 Å². The van der Waals surface area contributed by atoms with Crippen LogP contribution in [-0.2, 0) is 18.6 Å². The standard InChI is InChI=1S/C5H5N5O.C4H10O5P.Na/c6-5-9-3-2(4(11)10-5)7-1-8-3;1-7-3-9-4-10(5,6)8-2;/h1H,(H4,6,7,8,9,10,11);1,3-4H2,2H3,(H,5,6);. The molecule has 1 unspecified atom stereocenters. The first kappa shape index (κ1) is 19.3. The molecule has 2 rings (SSSR count). The molecule has 0 amide bonds. The van der Waals surface area contributed by atoms with Crippen LogP contribution in [-0.4, -0.2) is 76.9 Å². The summed E-state index contributed by atoms with van der Waals surface area (Å²) in [5.41, 5.74) is 5.65. The van der Waals surface area contributed by atoms with Crippen LogP contribution in [0.4, 0.5) is 5.95 Å². The normalized spacial score (nSPS) is 13.5. The largest absolute Gasteiger partial charge is 0.369 e. The van der Waals surface area contributed by atoms with Gasteiger partial charge in [0.25, 0.3) is 5.56 Å². The van der Waals surface area contributed by atoms with E-state index in [9.17, 15) is 9.36 Å². The second-order valence-corrected chi connectivity index (χ2v) is 6.29. The minimum absolute atomic E-state index is 0.0530. The molecule has 0 bridgehead atoms. The van der Waals surface area contributed by atoms with Crippen LogP contribution < -0.4 is 11.3 Å². The summed E-state index contributed by atoms with van der Waals surface area (Å²) in [4.78, 5) is 32.3. The van der Waals surface area contributed by atoms with Crippen LogP contribution in [0.25, 0.3) is 11.2 Å². The number of anilines is 1. The number of aromatic amines is 2. The number of H-pyrrole nitrogens is 2. The van der Waals surface area contributed by atoms with E-state index >= 15 is 0 Å². The number of hydrogen-bond acceptors (Lipinski definition) is 8. The Balaban J connectivity index is 0.000000220. The summed E-state index contributed by atoms with van der Waals surface area (Å²) in [6.07, 6.45) is 1.08. The molecule has 2 aromatic rings. The monoisotopic (exact) mass is 343 g/mol. The number of fused-ring (bicyclic) bond motifs is 1. The number of nitrogens with two attached hydrogens (primary N) is 1. The molecule has 0 saturated carbocycles. The minimum Gasteiger partial charge on any atom is -0.369 e. The zero-order valence-corrected chi connectivity index (χ0v) is 15.0. The van der Waals surface area contributed by atoms with Gasteiger partial charge in [0, 0.05) is 0 Å². The van der Waals surface area contributed by atoms with Crippen LogP contribution in [0, 0.1) is 0 Å². The van der Waals surface area contributed by atoms with Gasteiger partial charge in [0.05, 0.1) is 6.33 Å². The molecule has 0 aliphatic rings. The van der Waals surface area contributed by atoms with E-state index in [2.05, 4.69) is 24.5 Å². The Morgan fingerprint density at radius 2 is 2.23 bits per heavy atom. The molecule has 5 N–H and O–H groups in total. The quantitative estimate of drug-likeness (QED) is 0.225. The van der Waals surface area contributed by atoms with E-state index in [1.165, 1.54) is 6.33 Å². The molecule has 118 valence electrons. The summed E-state index contributed by atoms with van der Waals surface area (Å²) in [6.45, 7) is 0.0530. The van der Waals surface area contributed by atoms with Crippen molar-refractivity contribution in [1.29, 1.82) is 0 Å². The summed E-state index contributed by atoms with van der Waals surface area (Å²) in [5, 5.41) is 0. The summed E-state index contributed by atoms with van der Waals surface area (Å²) in [5.74, 6) is 0.0783. The van der Waals surface area contributed by atoms with Crippen molar-refractivity contribution in [2.75, 3.05) is 29.8 Å². The van der Waals surface area contributed by atoms with Crippen molar-refractivity contribution < 1.29 is 23.5 Å². The molecular formula is C9H15N5NaO6P. The van der Waals surface area contributed by atoms with Crippen molar-refractivity contribution in [2.24, 2.45) is 0 Å². The molecular weight excluding hydrogens is 328 g/mol. The number of aromatic nitrogens is 4. The average Bonchev–Trinajstić information content (AvgIpc) is 2.93. The first-order chi connectivity index (χ1) is 10.4. The predicted molar refractivity (Wildman–Crippen MR) is 78.3 cm³/mol. The molecule has 2 heterocycles. The SMILES string of the molecule is COP(=O)(O)COCO[CH2][Na].Nc1nc2nc[nH]c2c(=O)[nH]1. The van der Waals surface area contributed by atoms with Crippen molar-refractivity contribution in [1.82, 2.24) is 19.9 Å². The van der Waals surface area contributed by atoms with Crippen LogP contribution >= 0.6 is 7.60 Å². The van der Waals surface area contributed by atoms with E-state index in [0.717, 1.165) is 35.0 Å². The summed E-state index contributed by atoms with van der Waals surface area (Å²) < 4.78 is 25.1. The van der Waals surface area contributed by atoms with Crippen molar-refractivity contribution in [3.63, 3.8) is 0 Å². The molecule has 0 aliphatic carbocycles. The molecule has 0 aliphatic heterocycles. The maximum absolute atomic E-state index is 11.0. The van der Waals surface area contributed by atoms with Gasteiger partial charge < -0.3 is 10.7 Å². The van der Waals surface area contributed by atoms with Gasteiger partial charge in [0.2, 0.25) is 5.95 Å². The number of imidazole rings is 1. The molecule has 0 spiro atoms. The van der Waals surface area contributed by atoms with Gasteiger partial charge in [0.1, 0.15) is 0 Å². The maximum Gasteiger partial charge on any atom is 0.278 e. The summed E-state index contributed by atoms with van der Waals surface area (Å²) >= 11 is 0.931. The van der Waals surface area contributed by atoms with Gasteiger partial charge in [-0.3, -0.25) is 9.78 Å². The van der Waals surface area contributed by atoms with Gasteiger partial charge in [-0.25, -0.2) is 4.98 Å². The fourth-order valence-electron chi connectivity index (χ4n) is 1.21. The van der Waals surface area contributed by atoms with Crippen molar-refractivity contribution in [3.8, 4) is 0 Å². The van der Waals surface area contributed by atoms with E-state index < -0.39 is 7.60 Å². The third-order valence-corrected chi connectivity index (χ3v) is 3.71. The van der Waals surface area contributed by atoms with Crippen LogP contribution in [0.15, 0.2) is 11.1 Å². The van der Waals surface area contributed by atoms with Gasteiger partial charge in [-0.2, -0.15) is 4.98 Å². The number of nitrogens with one attached hydrogen (secondary N) is 2. The minimum atomic E-state index is -3.50. The second kappa shape index (κ2) is 9.38. The van der Waals surface area contributed by atoms with E-state index in [4.69, 9.17) is 20.1 Å². The smallest absolute Gasteiger partial charge is 0.278 e. The maximum atomic E-state index is 11.0. The third kappa shape index (κ3) is 6.55. The Morgan fingerprint density at radius 3 is 2.86 bits per heavy atom. The van der Waals surface area contributed by atoms with Crippen molar-refractivity contribution in [3.05, 3.63) is 16.7 Å². The van der Waals surface area contributed by atoms with E-state index in [1.54, 1.807) is 0 Å². The number of nitrogen functional groups attached to an aromatic ring is 1. The average molecular weight is 343 g/mol. The Morgan fingerprint density at radius 1 is 1.50 bits per heavy atom. The zero-order chi connectivity index (χ0) is 16.6. The first-order valence-corrected chi connectivity index (χ1v) is 9.29. The molecule has 2 aromatic heterocycles. The van der Waals surface area contributed by atoms with Crippen LogP contribution in [0.3, 0.4) is 0 Å². The number of ether oxygens (including phenoxy) is 2. The van der Waals surface area contributed by atoms with Gasteiger partial charge in [-0.1, -0.05) is 0 Å². The topological polar surface area (TPSA) is 165 Å². The molecule has 0 fully saturated rings. The van der Waals surface area contributed by atoms with Gasteiger partial charge in [-0.15, -0.1) is 0 Å². The van der Waals surface area contributed by atoms with E-state index in [0.29, 0.717) is 15.0 Å². The molecule has 1 atom stereocenters. The molecule has 11 nitrogen and oxygen atoms in total. The second-order valence-electron chi connectivity index (χ2n) is 3.82. The van der Waals surface area contributed by atoms with Crippen LogP contribution in [0.2, 0.25) is 0 Å². The number of nitrogens with zero attached hydrogens (tertiary/aromatic N) is 2. The Kier molecular flexibility index (Phi) is 8.21. The summed E-state index contributed by atoms with van der Waals surface area (Å²) in [6, 6.07) is 0. The van der Waals surface area contributed by atoms with Gasteiger partial charge in [0.15, 0.2) is 11.2 Å². The third-order valence-electron chi connectivity index (χ3n) is 2.22. The van der Waals surface area contributed by atoms with E-state index in [-0.39, 0.29) is 24.6 Å². The molecule has 13 heteroatoms. The predicted octanol–water partition coefficient (Wildman–Crippen LogP) is -0.879. The Bertz CT molecular complexity index is 690. The van der Waals surface area contributed by atoms with Crippen molar-refractivity contribution in [2.45, 2.75) is 0 Å². The van der Waals surface area contributed by atoms with Crippen molar-refractivity contribution >= 4 is 52.6 Å². The van der Waals surface area contributed by atoms with E-state index in [1.807, 2.05) is 0 Å². The molecule has 0 saturated heterocycles. The fourth-order valence-corrected chi connectivity index (χ4v) is 1.78. The van der Waals surface area contributed by atoms with Crippen LogP contribution in [0.5, 0.6) is 0 Å². The number of rotatable bonds is 6.